The second kappa shape index (κ2) is 8.67. The summed E-state index contributed by atoms with van der Waals surface area (Å²) in [5, 5.41) is 0. The van der Waals surface area contributed by atoms with Gasteiger partial charge in [-0.1, -0.05) is 17.7 Å². The monoisotopic (exact) mass is 463 g/mol. The summed E-state index contributed by atoms with van der Waals surface area (Å²) in [6.45, 7) is 9.41. The molecule has 0 fully saturated rings. The van der Waals surface area contributed by atoms with Gasteiger partial charge in [-0.2, -0.15) is 4.98 Å². The Kier molecular flexibility index (Phi) is 5.90. The van der Waals surface area contributed by atoms with E-state index in [1.807, 2.05) is 31.4 Å². The Balaban J connectivity index is 1.53. The van der Waals surface area contributed by atoms with Gasteiger partial charge in [0.1, 0.15) is 23.7 Å². The number of ether oxygens (including phenoxy) is 1. The highest BCUT2D eigenvalue weighted by molar-refractivity contribution is 7.92. The molecular formula is C24H25N5O3S. The van der Waals surface area contributed by atoms with Crippen LogP contribution in [0, 0.1) is 34.6 Å². The molecule has 0 bridgehead atoms. The lowest BCUT2D eigenvalue weighted by Crippen LogP contribution is -2.14. The fourth-order valence-electron chi connectivity index (χ4n) is 3.45. The summed E-state index contributed by atoms with van der Waals surface area (Å²) in [5.74, 6) is 2.12. The van der Waals surface area contributed by atoms with Crippen LogP contribution in [0.4, 0.5) is 5.69 Å². The summed E-state index contributed by atoms with van der Waals surface area (Å²) in [6.07, 6.45) is 1.72. The van der Waals surface area contributed by atoms with E-state index in [-0.39, 0.29) is 4.90 Å². The number of anilines is 1. The summed E-state index contributed by atoms with van der Waals surface area (Å²) < 4.78 is 36.0. The van der Waals surface area contributed by atoms with Gasteiger partial charge in [-0.15, -0.1) is 0 Å². The van der Waals surface area contributed by atoms with Gasteiger partial charge in [0, 0.05) is 17.4 Å². The Morgan fingerprint density at radius 2 is 1.64 bits per heavy atom. The molecule has 0 spiro atoms. The van der Waals surface area contributed by atoms with E-state index >= 15 is 0 Å². The van der Waals surface area contributed by atoms with Crippen molar-refractivity contribution in [1.82, 2.24) is 19.5 Å². The number of benzene rings is 2. The predicted molar refractivity (Wildman–Crippen MR) is 127 cm³/mol. The van der Waals surface area contributed by atoms with Crippen molar-refractivity contribution in [2.45, 2.75) is 39.5 Å². The normalized spacial score (nSPS) is 11.4. The number of sulfonamides is 1. The molecule has 0 radical (unpaired) electrons. The van der Waals surface area contributed by atoms with Gasteiger partial charge in [-0.3, -0.25) is 9.29 Å². The van der Waals surface area contributed by atoms with Crippen molar-refractivity contribution in [1.29, 1.82) is 0 Å². The van der Waals surface area contributed by atoms with Crippen LogP contribution in [0.1, 0.15) is 28.3 Å². The van der Waals surface area contributed by atoms with Crippen LogP contribution in [0.3, 0.4) is 0 Å². The number of imidazole rings is 1. The molecule has 4 rings (SSSR count). The second-order valence-corrected chi connectivity index (χ2v) is 9.55. The first-order valence-corrected chi connectivity index (χ1v) is 11.9. The zero-order valence-corrected chi connectivity index (χ0v) is 19.9. The van der Waals surface area contributed by atoms with E-state index in [9.17, 15) is 8.42 Å². The molecule has 0 saturated heterocycles. The Bertz CT molecular complexity index is 1430. The largest absolute Gasteiger partial charge is 0.439 e. The molecule has 0 saturated carbocycles. The zero-order valence-electron chi connectivity index (χ0n) is 19.1. The molecule has 0 atom stereocenters. The first-order chi connectivity index (χ1) is 15.6. The summed E-state index contributed by atoms with van der Waals surface area (Å²) in [6, 6.07) is 13.6. The first kappa shape index (κ1) is 22.5. The van der Waals surface area contributed by atoms with Gasteiger partial charge in [0.15, 0.2) is 0 Å². The summed E-state index contributed by atoms with van der Waals surface area (Å²) in [5.41, 5.74) is 4.05. The molecule has 0 amide bonds. The van der Waals surface area contributed by atoms with Crippen LogP contribution in [0.25, 0.3) is 5.82 Å². The Labute approximate surface area is 193 Å². The average molecular weight is 464 g/mol. The van der Waals surface area contributed by atoms with Crippen molar-refractivity contribution in [2.75, 3.05) is 4.72 Å². The third-order valence-corrected chi connectivity index (χ3v) is 6.79. The van der Waals surface area contributed by atoms with E-state index in [0.717, 1.165) is 17.0 Å². The van der Waals surface area contributed by atoms with Gasteiger partial charge in [0.05, 0.1) is 10.6 Å². The number of aromatic nitrogens is 4. The summed E-state index contributed by atoms with van der Waals surface area (Å²) in [4.78, 5) is 13.4. The van der Waals surface area contributed by atoms with E-state index in [2.05, 4.69) is 19.7 Å². The Morgan fingerprint density at radius 3 is 2.27 bits per heavy atom. The molecule has 0 aliphatic carbocycles. The van der Waals surface area contributed by atoms with Crippen molar-refractivity contribution in [3.63, 3.8) is 0 Å². The smallest absolute Gasteiger partial charge is 0.262 e. The Morgan fingerprint density at radius 1 is 0.909 bits per heavy atom. The maximum atomic E-state index is 12.8. The maximum absolute atomic E-state index is 12.8. The molecule has 4 aromatic rings. The van der Waals surface area contributed by atoms with Crippen LogP contribution in [-0.4, -0.2) is 27.9 Å². The second-order valence-electron chi connectivity index (χ2n) is 7.90. The average Bonchev–Trinajstić information content (AvgIpc) is 3.07. The highest BCUT2D eigenvalue weighted by Gasteiger charge is 2.17. The number of nitrogens with one attached hydrogen (secondary N) is 1. The third-order valence-electron chi connectivity index (χ3n) is 5.25. The lowest BCUT2D eigenvalue weighted by Gasteiger charge is -2.12. The van der Waals surface area contributed by atoms with Crippen LogP contribution in [-0.2, 0) is 10.0 Å². The number of rotatable bonds is 6. The van der Waals surface area contributed by atoms with Gasteiger partial charge in [-0.05, 0) is 70.5 Å². The molecule has 8 nitrogen and oxygen atoms in total. The molecule has 0 aliphatic rings. The fourth-order valence-corrected chi connectivity index (χ4v) is 4.74. The predicted octanol–water partition coefficient (Wildman–Crippen LogP) is 4.80. The van der Waals surface area contributed by atoms with E-state index in [1.54, 1.807) is 62.6 Å². The molecule has 170 valence electrons. The van der Waals surface area contributed by atoms with Crippen LogP contribution < -0.4 is 9.46 Å². The van der Waals surface area contributed by atoms with E-state index in [0.29, 0.717) is 34.5 Å². The van der Waals surface area contributed by atoms with Gasteiger partial charge in [0.25, 0.3) is 10.0 Å². The molecule has 33 heavy (non-hydrogen) atoms. The highest BCUT2D eigenvalue weighted by Crippen LogP contribution is 2.26. The SMILES string of the molecule is Cc1ccc(S(=O)(=O)Nc2ccc(Oc3cc(-n4cnc(C)c4C)nc(C)n3)cc2)c(C)c1. The van der Waals surface area contributed by atoms with Crippen LogP contribution in [0.5, 0.6) is 11.6 Å². The minimum atomic E-state index is -3.70. The van der Waals surface area contributed by atoms with Crippen LogP contribution in [0.15, 0.2) is 59.8 Å². The number of hydrogen-bond donors (Lipinski definition) is 1. The summed E-state index contributed by atoms with van der Waals surface area (Å²) in [7, 11) is -3.70. The molecule has 2 heterocycles. The third kappa shape index (κ3) is 4.88. The molecule has 2 aromatic heterocycles. The zero-order chi connectivity index (χ0) is 23.8. The number of aryl methyl sites for hydroxylation is 4. The van der Waals surface area contributed by atoms with E-state index in [4.69, 9.17) is 4.74 Å². The van der Waals surface area contributed by atoms with Crippen molar-refractivity contribution >= 4 is 15.7 Å². The first-order valence-electron chi connectivity index (χ1n) is 10.4. The lowest BCUT2D eigenvalue weighted by atomic mass is 10.2. The van der Waals surface area contributed by atoms with E-state index in [1.165, 1.54) is 0 Å². The van der Waals surface area contributed by atoms with Crippen molar-refractivity contribution < 1.29 is 13.2 Å². The Hall–Kier alpha value is -3.72. The van der Waals surface area contributed by atoms with Gasteiger partial charge < -0.3 is 4.74 Å². The minimum Gasteiger partial charge on any atom is -0.439 e. The topological polar surface area (TPSA) is 99.0 Å². The molecule has 0 aliphatic heterocycles. The molecule has 2 aromatic carbocycles. The quantitative estimate of drug-likeness (QED) is 0.441. The van der Waals surface area contributed by atoms with Crippen molar-refractivity contribution in [2.24, 2.45) is 0 Å². The number of hydrogen-bond acceptors (Lipinski definition) is 6. The summed E-state index contributed by atoms with van der Waals surface area (Å²) >= 11 is 0. The molecule has 1 N–H and O–H groups in total. The standard InChI is InChI=1S/C24H25N5O3S/c1-15-6-11-22(16(2)12-15)33(30,31)28-20-7-9-21(10-8-20)32-24-13-23(26-19(5)27-24)29-14-25-17(3)18(29)4/h6-14,28H,1-5H3. The highest BCUT2D eigenvalue weighted by atomic mass is 32.2. The molecule has 9 heteroatoms. The maximum Gasteiger partial charge on any atom is 0.262 e. The van der Waals surface area contributed by atoms with Crippen LogP contribution in [0.2, 0.25) is 0 Å². The van der Waals surface area contributed by atoms with Gasteiger partial charge in [0.2, 0.25) is 5.88 Å². The van der Waals surface area contributed by atoms with Crippen molar-refractivity contribution in [3.8, 4) is 17.4 Å². The van der Waals surface area contributed by atoms with E-state index < -0.39 is 10.0 Å². The molecular weight excluding hydrogens is 438 g/mol. The molecule has 0 unspecified atom stereocenters. The van der Waals surface area contributed by atoms with Gasteiger partial charge in [-0.25, -0.2) is 18.4 Å². The fraction of sp³-hybridized carbons (Fsp3) is 0.208. The van der Waals surface area contributed by atoms with Crippen LogP contribution >= 0.6 is 0 Å². The van der Waals surface area contributed by atoms with Gasteiger partial charge >= 0.3 is 0 Å². The minimum absolute atomic E-state index is 0.252. The lowest BCUT2D eigenvalue weighted by molar-refractivity contribution is 0.459. The van der Waals surface area contributed by atoms with Crippen molar-refractivity contribution in [3.05, 3.63) is 83.2 Å². The number of nitrogens with zero attached hydrogens (tertiary/aromatic N) is 4.